The zero-order valence-electron chi connectivity index (χ0n) is 14.4. The number of hydrogen-bond donors (Lipinski definition) is 0. The SMILES string of the molecule is C=Cc1cn2cc(N(C)Cc3nonc3C)cc([C@@H](C)OC)c2n1. The Labute approximate surface area is 140 Å². The molecule has 0 aliphatic carbocycles. The van der Waals surface area contributed by atoms with Crippen molar-refractivity contribution in [3.63, 3.8) is 0 Å². The van der Waals surface area contributed by atoms with Crippen LogP contribution in [0.2, 0.25) is 0 Å². The van der Waals surface area contributed by atoms with E-state index in [9.17, 15) is 0 Å². The van der Waals surface area contributed by atoms with E-state index in [2.05, 4.69) is 32.8 Å². The second kappa shape index (κ2) is 6.45. The summed E-state index contributed by atoms with van der Waals surface area (Å²) in [6, 6.07) is 2.09. The summed E-state index contributed by atoms with van der Waals surface area (Å²) in [4.78, 5) is 6.69. The molecule has 0 unspecified atom stereocenters. The molecule has 0 spiro atoms. The van der Waals surface area contributed by atoms with Gasteiger partial charge < -0.3 is 14.0 Å². The summed E-state index contributed by atoms with van der Waals surface area (Å²) in [5.41, 5.74) is 5.36. The minimum atomic E-state index is -0.0728. The second-order valence-electron chi connectivity index (χ2n) is 5.78. The molecule has 3 aromatic heterocycles. The van der Waals surface area contributed by atoms with E-state index in [1.165, 1.54) is 0 Å². The summed E-state index contributed by atoms with van der Waals surface area (Å²) in [5, 5.41) is 7.78. The van der Waals surface area contributed by atoms with Gasteiger partial charge in [-0.3, -0.25) is 0 Å². The Morgan fingerprint density at radius 3 is 2.83 bits per heavy atom. The van der Waals surface area contributed by atoms with Gasteiger partial charge in [0.1, 0.15) is 17.0 Å². The number of hydrogen-bond acceptors (Lipinski definition) is 6. The van der Waals surface area contributed by atoms with Crippen LogP contribution >= 0.6 is 0 Å². The molecule has 0 bridgehead atoms. The second-order valence-corrected chi connectivity index (χ2v) is 5.78. The third kappa shape index (κ3) is 2.90. The van der Waals surface area contributed by atoms with E-state index in [-0.39, 0.29) is 6.10 Å². The highest BCUT2D eigenvalue weighted by Crippen LogP contribution is 2.27. The molecule has 1 atom stereocenters. The highest BCUT2D eigenvalue weighted by Gasteiger charge is 2.16. The molecule has 3 aromatic rings. The number of fused-ring (bicyclic) bond motifs is 1. The first kappa shape index (κ1) is 16.2. The van der Waals surface area contributed by atoms with E-state index in [4.69, 9.17) is 9.37 Å². The average Bonchev–Trinajstić information content (AvgIpc) is 3.19. The van der Waals surface area contributed by atoms with E-state index in [0.29, 0.717) is 6.54 Å². The molecule has 126 valence electrons. The standard InChI is InChI=1S/C17H21N5O2/c1-6-13-8-22-9-14(7-15(12(3)23-5)17(22)18-13)21(4)10-16-11(2)19-24-20-16/h6-9,12H,1,10H2,2-5H3/t12-/m1/s1. The minimum Gasteiger partial charge on any atom is -0.377 e. The molecule has 0 N–H and O–H groups in total. The summed E-state index contributed by atoms with van der Waals surface area (Å²) < 4.78 is 12.3. The van der Waals surface area contributed by atoms with Crippen LogP contribution in [0, 0.1) is 6.92 Å². The topological polar surface area (TPSA) is 68.7 Å². The van der Waals surface area contributed by atoms with Gasteiger partial charge in [-0.25, -0.2) is 9.61 Å². The van der Waals surface area contributed by atoms with Crippen molar-refractivity contribution >= 4 is 17.4 Å². The normalized spacial score (nSPS) is 12.5. The van der Waals surface area contributed by atoms with Crippen LogP contribution in [0.15, 0.2) is 29.7 Å². The fraction of sp³-hybridized carbons (Fsp3) is 0.353. The third-order valence-electron chi connectivity index (χ3n) is 4.16. The minimum absolute atomic E-state index is 0.0728. The van der Waals surface area contributed by atoms with Crippen LogP contribution in [0.5, 0.6) is 0 Å². The molecular formula is C17H21N5O2. The van der Waals surface area contributed by atoms with Crippen molar-refractivity contribution in [3.05, 3.63) is 47.7 Å². The van der Waals surface area contributed by atoms with Gasteiger partial charge in [-0.15, -0.1) is 0 Å². The molecule has 7 heteroatoms. The fourth-order valence-electron chi connectivity index (χ4n) is 2.57. The number of nitrogens with zero attached hydrogens (tertiary/aromatic N) is 5. The summed E-state index contributed by atoms with van der Waals surface area (Å²) in [5.74, 6) is 0. The molecule has 0 aliphatic heterocycles. The molecule has 0 amide bonds. The molecule has 24 heavy (non-hydrogen) atoms. The van der Waals surface area contributed by atoms with Gasteiger partial charge in [-0.05, 0) is 26.0 Å². The van der Waals surface area contributed by atoms with Crippen LogP contribution in [0.4, 0.5) is 5.69 Å². The Morgan fingerprint density at radius 1 is 1.42 bits per heavy atom. The Kier molecular flexibility index (Phi) is 4.35. The van der Waals surface area contributed by atoms with Crippen molar-refractivity contribution in [1.29, 1.82) is 0 Å². The van der Waals surface area contributed by atoms with Gasteiger partial charge in [0.15, 0.2) is 0 Å². The zero-order valence-corrected chi connectivity index (χ0v) is 14.4. The lowest BCUT2D eigenvalue weighted by Crippen LogP contribution is -2.18. The molecular weight excluding hydrogens is 306 g/mol. The predicted octanol–water partition coefficient (Wildman–Crippen LogP) is 3.01. The summed E-state index contributed by atoms with van der Waals surface area (Å²) in [6.45, 7) is 8.29. The molecule has 0 aliphatic rings. The van der Waals surface area contributed by atoms with Gasteiger partial charge >= 0.3 is 0 Å². The quantitative estimate of drug-likeness (QED) is 0.693. The Bertz CT molecular complexity index is 867. The zero-order chi connectivity index (χ0) is 17.3. The number of pyridine rings is 1. The fourth-order valence-corrected chi connectivity index (χ4v) is 2.57. The Balaban J connectivity index is 2.04. The lowest BCUT2D eigenvalue weighted by Gasteiger charge is -2.21. The number of anilines is 1. The van der Waals surface area contributed by atoms with Gasteiger partial charge in [-0.1, -0.05) is 16.9 Å². The van der Waals surface area contributed by atoms with Gasteiger partial charge in [-0.2, -0.15) is 0 Å². The molecule has 0 fully saturated rings. The molecule has 0 saturated carbocycles. The highest BCUT2D eigenvalue weighted by atomic mass is 16.6. The number of methoxy groups -OCH3 is 1. The van der Waals surface area contributed by atoms with E-state index in [1.807, 2.05) is 37.7 Å². The van der Waals surface area contributed by atoms with Crippen molar-refractivity contribution in [3.8, 4) is 0 Å². The molecule has 0 radical (unpaired) electrons. The van der Waals surface area contributed by atoms with Crippen LogP contribution in [-0.4, -0.2) is 33.9 Å². The molecule has 0 saturated heterocycles. The van der Waals surface area contributed by atoms with Gasteiger partial charge in [0, 0.05) is 32.1 Å². The van der Waals surface area contributed by atoms with E-state index >= 15 is 0 Å². The monoisotopic (exact) mass is 327 g/mol. The average molecular weight is 327 g/mol. The maximum absolute atomic E-state index is 5.51. The van der Waals surface area contributed by atoms with Crippen molar-refractivity contribution in [1.82, 2.24) is 19.7 Å². The molecule has 3 heterocycles. The number of aryl methyl sites for hydroxylation is 1. The lowest BCUT2D eigenvalue weighted by atomic mass is 10.1. The predicted molar refractivity (Wildman–Crippen MR) is 91.8 cm³/mol. The van der Waals surface area contributed by atoms with Crippen LogP contribution in [-0.2, 0) is 11.3 Å². The van der Waals surface area contributed by atoms with Gasteiger partial charge in [0.25, 0.3) is 0 Å². The highest BCUT2D eigenvalue weighted by molar-refractivity contribution is 5.61. The number of ether oxygens (including phenoxy) is 1. The summed E-state index contributed by atoms with van der Waals surface area (Å²) in [6.07, 6.45) is 5.65. The molecule has 0 aromatic carbocycles. The van der Waals surface area contributed by atoms with Crippen molar-refractivity contribution in [2.24, 2.45) is 0 Å². The van der Waals surface area contributed by atoms with Gasteiger partial charge in [0.2, 0.25) is 0 Å². The maximum atomic E-state index is 5.51. The number of imidazole rings is 1. The van der Waals surface area contributed by atoms with Crippen molar-refractivity contribution in [2.75, 3.05) is 19.1 Å². The van der Waals surface area contributed by atoms with E-state index < -0.39 is 0 Å². The van der Waals surface area contributed by atoms with Crippen molar-refractivity contribution in [2.45, 2.75) is 26.5 Å². The first-order valence-electron chi connectivity index (χ1n) is 7.70. The lowest BCUT2D eigenvalue weighted by molar-refractivity contribution is 0.120. The third-order valence-corrected chi connectivity index (χ3v) is 4.16. The molecule has 3 rings (SSSR count). The summed E-state index contributed by atoms with van der Waals surface area (Å²) in [7, 11) is 3.70. The first-order chi connectivity index (χ1) is 11.5. The summed E-state index contributed by atoms with van der Waals surface area (Å²) >= 11 is 0. The van der Waals surface area contributed by atoms with Crippen LogP contribution in [0.25, 0.3) is 11.7 Å². The largest absolute Gasteiger partial charge is 0.377 e. The van der Waals surface area contributed by atoms with Gasteiger partial charge in [0.05, 0.1) is 24.0 Å². The first-order valence-corrected chi connectivity index (χ1v) is 7.70. The Morgan fingerprint density at radius 2 is 2.21 bits per heavy atom. The van der Waals surface area contributed by atoms with E-state index in [1.54, 1.807) is 13.2 Å². The Hall–Kier alpha value is -2.67. The number of rotatable bonds is 6. The van der Waals surface area contributed by atoms with Crippen LogP contribution < -0.4 is 4.90 Å². The van der Waals surface area contributed by atoms with Crippen LogP contribution in [0.3, 0.4) is 0 Å². The smallest absolute Gasteiger partial charge is 0.143 e. The molecule has 7 nitrogen and oxygen atoms in total. The van der Waals surface area contributed by atoms with Crippen LogP contribution in [0.1, 0.15) is 35.7 Å². The van der Waals surface area contributed by atoms with E-state index in [0.717, 1.165) is 34.0 Å². The van der Waals surface area contributed by atoms with Crippen molar-refractivity contribution < 1.29 is 9.37 Å². The maximum Gasteiger partial charge on any atom is 0.143 e. The number of aromatic nitrogens is 4.